The number of quaternary nitrogens is 1. The van der Waals surface area contributed by atoms with Crippen LogP contribution in [0.15, 0.2) is 24.3 Å². The Hall–Kier alpha value is -2.41. The third kappa shape index (κ3) is 5.37. The van der Waals surface area contributed by atoms with Gasteiger partial charge in [-0.3, -0.25) is 9.59 Å². The predicted octanol–water partition coefficient (Wildman–Crippen LogP) is -1.37. The zero-order valence-corrected chi connectivity index (χ0v) is 13.1. The van der Waals surface area contributed by atoms with E-state index in [1.54, 1.807) is 24.3 Å². The number of amides is 2. The molecule has 0 aromatic heterocycles. The molecular weight excluding hydrogens is 298 g/mol. The second kappa shape index (κ2) is 7.73. The molecule has 7 nitrogen and oxygen atoms in total. The maximum absolute atomic E-state index is 12.1. The van der Waals surface area contributed by atoms with Crippen LogP contribution in [-0.4, -0.2) is 37.4 Å². The highest BCUT2D eigenvalue weighted by atomic mass is 16.4. The zero-order valence-electron chi connectivity index (χ0n) is 13.1. The molecule has 7 heteroatoms. The van der Waals surface area contributed by atoms with E-state index in [1.165, 1.54) is 6.92 Å². The van der Waals surface area contributed by atoms with Crippen molar-refractivity contribution in [3.8, 4) is 0 Å². The van der Waals surface area contributed by atoms with Crippen LogP contribution in [0.4, 0.5) is 11.4 Å². The summed E-state index contributed by atoms with van der Waals surface area (Å²) < 4.78 is 0. The fraction of sp³-hybridized carbons (Fsp3) is 0.438. The van der Waals surface area contributed by atoms with Crippen molar-refractivity contribution in [2.24, 2.45) is 5.92 Å². The smallest absolute Gasteiger partial charge is 0.279 e. The molecule has 1 fully saturated rings. The molecule has 1 saturated heterocycles. The van der Waals surface area contributed by atoms with E-state index in [0.717, 1.165) is 4.90 Å². The van der Waals surface area contributed by atoms with Gasteiger partial charge in [0.25, 0.3) is 5.91 Å². The Morgan fingerprint density at radius 3 is 2.35 bits per heavy atom. The topological polar surface area (TPSA) is 103 Å². The summed E-state index contributed by atoms with van der Waals surface area (Å²) in [6.45, 7) is 3.02. The summed E-state index contributed by atoms with van der Waals surface area (Å²) in [5.41, 5.74) is 1.24. The second-order valence-corrected chi connectivity index (χ2v) is 5.83. The number of hydrogen-bond acceptors (Lipinski definition) is 4. The van der Waals surface area contributed by atoms with Gasteiger partial charge in [-0.1, -0.05) is 6.07 Å². The minimum atomic E-state index is -0.997. The van der Waals surface area contributed by atoms with Gasteiger partial charge in [-0.25, -0.2) is 0 Å². The highest BCUT2D eigenvalue weighted by Gasteiger charge is 2.24. The SMILES string of the molecule is CC(=O)Nc1cccc(NC(=O)C[NH+]2CCC(C(=O)[O-])CC2)c1. The number of carbonyl (C=O) groups excluding carboxylic acids is 3. The van der Waals surface area contributed by atoms with Crippen LogP contribution in [0.25, 0.3) is 0 Å². The van der Waals surface area contributed by atoms with Gasteiger partial charge in [0.15, 0.2) is 6.54 Å². The van der Waals surface area contributed by atoms with Gasteiger partial charge < -0.3 is 25.4 Å². The number of piperidine rings is 1. The molecule has 0 unspecified atom stereocenters. The highest BCUT2D eigenvalue weighted by Crippen LogP contribution is 2.14. The number of hydrogen-bond donors (Lipinski definition) is 3. The van der Waals surface area contributed by atoms with E-state index in [9.17, 15) is 19.5 Å². The maximum Gasteiger partial charge on any atom is 0.279 e. The lowest BCUT2D eigenvalue weighted by molar-refractivity contribution is -0.897. The van der Waals surface area contributed by atoms with E-state index in [0.29, 0.717) is 43.9 Å². The van der Waals surface area contributed by atoms with Crippen molar-refractivity contribution >= 4 is 29.2 Å². The average Bonchev–Trinajstić information content (AvgIpc) is 2.47. The molecule has 0 spiro atoms. The molecule has 1 aliphatic heterocycles. The van der Waals surface area contributed by atoms with Crippen molar-refractivity contribution in [1.29, 1.82) is 0 Å². The molecule has 1 aromatic carbocycles. The van der Waals surface area contributed by atoms with Gasteiger partial charge in [-0.2, -0.15) is 0 Å². The number of carbonyl (C=O) groups is 3. The third-order valence-corrected chi connectivity index (χ3v) is 3.90. The lowest BCUT2D eigenvalue weighted by atomic mass is 9.97. The number of rotatable bonds is 5. The van der Waals surface area contributed by atoms with E-state index in [4.69, 9.17) is 0 Å². The Bertz CT molecular complexity index is 595. The quantitative estimate of drug-likeness (QED) is 0.623. The molecule has 3 N–H and O–H groups in total. The molecule has 1 heterocycles. The largest absolute Gasteiger partial charge is 0.550 e. The minimum Gasteiger partial charge on any atom is -0.550 e. The van der Waals surface area contributed by atoms with Crippen LogP contribution >= 0.6 is 0 Å². The number of anilines is 2. The van der Waals surface area contributed by atoms with E-state index in [1.807, 2.05) is 0 Å². The first kappa shape index (κ1) is 17.0. The number of likely N-dealkylation sites (tertiary alicyclic amines) is 1. The van der Waals surface area contributed by atoms with Gasteiger partial charge in [0.1, 0.15) is 0 Å². The van der Waals surface area contributed by atoms with Gasteiger partial charge in [0.2, 0.25) is 5.91 Å². The van der Waals surface area contributed by atoms with Crippen LogP contribution in [0, 0.1) is 5.92 Å². The summed E-state index contributed by atoms with van der Waals surface area (Å²) in [7, 11) is 0. The monoisotopic (exact) mass is 319 g/mol. The molecule has 2 amide bonds. The van der Waals surface area contributed by atoms with Gasteiger partial charge in [0, 0.05) is 43.0 Å². The molecule has 0 atom stereocenters. The van der Waals surface area contributed by atoms with Crippen molar-refractivity contribution < 1.29 is 24.4 Å². The first-order chi connectivity index (χ1) is 10.9. The minimum absolute atomic E-state index is 0.133. The number of benzene rings is 1. The summed E-state index contributed by atoms with van der Waals surface area (Å²) in [4.78, 5) is 35.0. The van der Waals surface area contributed by atoms with Crippen molar-refractivity contribution in [2.75, 3.05) is 30.3 Å². The predicted molar refractivity (Wildman–Crippen MR) is 82.7 cm³/mol. The summed E-state index contributed by atoms with van der Waals surface area (Å²) >= 11 is 0. The molecule has 0 bridgehead atoms. The third-order valence-electron chi connectivity index (χ3n) is 3.90. The van der Waals surface area contributed by atoms with Gasteiger partial charge in [-0.05, 0) is 18.2 Å². The summed E-state index contributed by atoms with van der Waals surface area (Å²) in [6.07, 6.45) is 1.09. The Balaban J connectivity index is 1.83. The van der Waals surface area contributed by atoms with E-state index in [2.05, 4.69) is 10.6 Å². The number of carboxylic acids is 1. The number of carboxylic acid groups (broad SMARTS) is 1. The first-order valence-corrected chi connectivity index (χ1v) is 7.66. The van der Waals surface area contributed by atoms with Crippen LogP contribution in [0.1, 0.15) is 19.8 Å². The van der Waals surface area contributed by atoms with Crippen LogP contribution < -0.4 is 20.6 Å². The van der Waals surface area contributed by atoms with E-state index in [-0.39, 0.29) is 11.8 Å². The normalized spacial score (nSPS) is 20.6. The average molecular weight is 319 g/mol. The van der Waals surface area contributed by atoms with E-state index < -0.39 is 11.9 Å². The van der Waals surface area contributed by atoms with Crippen molar-refractivity contribution in [2.45, 2.75) is 19.8 Å². The lowest BCUT2D eigenvalue weighted by Gasteiger charge is -2.29. The molecule has 0 radical (unpaired) electrons. The van der Waals surface area contributed by atoms with Gasteiger partial charge in [0.05, 0.1) is 13.1 Å². The molecular formula is C16H21N3O4. The molecule has 2 rings (SSSR count). The first-order valence-electron chi connectivity index (χ1n) is 7.66. The highest BCUT2D eigenvalue weighted by molar-refractivity contribution is 5.93. The maximum atomic E-state index is 12.1. The standard InChI is InChI=1S/C16H21N3O4/c1-11(20)17-13-3-2-4-14(9-13)18-15(21)10-19-7-5-12(6-8-19)16(22)23/h2-4,9,12H,5-8,10H2,1H3,(H,17,20)(H,18,21)(H,22,23). The fourth-order valence-electron chi connectivity index (χ4n) is 2.75. The Kier molecular flexibility index (Phi) is 5.70. The summed E-state index contributed by atoms with van der Waals surface area (Å²) in [5.74, 6) is -1.69. The number of aliphatic carboxylic acids is 1. The van der Waals surface area contributed by atoms with Crippen molar-refractivity contribution in [3.05, 3.63) is 24.3 Å². The lowest BCUT2D eigenvalue weighted by Crippen LogP contribution is -3.14. The van der Waals surface area contributed by atoms with Crippen LogP contribution in [-0.2, 0) is 14.4 Å². The molecule has 124 valence electrons. The Morgan fingerprint density at radius 2 is 1.78 bits per heavy atom. The Morgan fingerprint density at radius 1 is 1.17 bits per heavy atom. The van der Waals surface area contributed by atoms with Crippen LogP contribution in [0.5, 0.6) is 0 Å². The second-order valence-electron chi connectivity index (χ2n) is 5.83. The van der Waals surface area contributed by atoms with Gasteiger partial charge in [-0.15, -0.1) is 0 Å². The molecule has 1 aromatic rings. The van der Waals surface area contributed by atoms with Gasteiger partial charge >= 0.3 is 0 Å². The Labute approximate surface area is 134 Å². The zero-order chi connectivity index (χ0) is 16.8. The van der Waals surface area contributed by atoms with Crippen LogP contribution in [0.2, 0.25) is 0 Å². The summed E-state index contributed by atoms with van der Waals surface area (Å²) in [5, 5.41) is 16.3. The van der Waals surface area contributed by atoms with E-state index >= 15 is 0 Å². The molecule has 0 saturated carbocycles. The van der Waals surface area contributed by atoms with Crippen molar-refractivity contribution in [3.63, 3.8) is 0 Å². The van der Waals surface area contributed by atoms with Crippen molar-refractivity contribution in [1.82, 2.24) is 0 Å². The molecule has 1 aliphatic rings. The molecule has 23 heavy (non-hydrogen) atoms. The molecule has 0 aliphatic carbocycles. The summed E-state index contributed by atoms with van der Waals surface area (Å²) in [6, 6.07) is 6.93. The van der Waals surface area contributed by atoms with Crippen LogP contribution in [0.3, 0.4) is 0 Å². The number of nitrogens with one attached hydrogen (secondary N) is 3. The fourth-order valence-corrected chi connectivity index (χ4v) is 2.75.